The van der Waals surface area contributed by atoms with Crippen molar-refractivity contribution in [2.24, 2.45) is 0 Å². The van der Waals surface area contributed by atoms with Crippen LogP contribution < -0.4 is 11.2 Å². The third kappa shape index (κ3) is 3.98. The summed E-state index contributed by atoms with van der Waals surface area (Å²) in [6.07, 6.45) is 6.65. The van der Waals surface area contributed by atoms with Crippen LogP contribution >= 0.6 is 0 Å². The highest BCUT2D eigenvalue weighted by Gasteiger charge is 2.06. The van der Waals surface area contributed by atoms with Crippen LogP contribution in [0.3, 0.4) is 0 Å². The van der Waals surface area contributed by atoms with Gasteiger partial charge in [0.15, 0.2) is 0 Å². The summed E-state index contributed by atoms with van der Waals surface area (Å²) in [5.74, 6) is -0.310. The number of aromatic amines is 1. The van der Waals surface area contributed by atoms with E-state index in [9.17, 15) is 14.0 Å². The lowest BCUT2D eigenvalue weighted by molar-refractivity contribution is 0.624. The molecule has 0 unspecified atom stereocenters. The van der Waals surface area contributed by atoms with E-state index in [0.29, 0.717) is 13.1 Å². The van der Waals surface area contributed by atoms with E-state index in [-0.39, 0.29) is 5.82 Å². The van der Waals surface area contributed by atoms with Crippen LogP contribution in [-0.2, 0) is 13.1 Å². The number of H-pyrrole nitrogens is 1. The van der Waals surface area contributed by atoms with Gasteiger partial charge in [-0.2, -0.15) is 0 Å². The average molecular weight is 376 g/mol. The maximum absolute atomic E-state index is 14.2. The third-order valence-corrected chi connectivity index (χ3v) is 4.39. The first-order valence-electron chi connectivity index (χ1n) is 8.71. The van der Waals surface area contributed by atoms with E-state index in [1.807, 2.05) is 41.1 Å². The molecule has 140 valence electrons. The molecule has 7 heteroatoms. The van der Waals surface area contributed by atoms with Gasteiger partial charge < -0.3 is 4.57 Å². The van der Waals surface area contributed by atoms with Crippen LogP contribution in [0.1, 0.15) is 11.1 Å². The molecule has 1 N–H and O–H groups in total. The van der Waals surface area contributed by atoms with Crippen LogP contribution in [-0.4, -0.2) is 19.1 Å². The number of imidazole rings is 1. The van der Waals surface area contributed by atoms with Gasteiger partial charge in [-0.3, -0.25) is 14.3 Å². The topological polar surface area (TPSA) is 72.7 Å². The molecule has 28 heavy (non-hydrogen) atoms. The Morgan fingerprint density at radius 2 is 1.79 bits per heavy atom. The number of hydrogen-bond acceptors (Lipinski definition) is 3. The van der Waals surface area contributed by atoms with E-state index in [2.05, 4.69) is 9.97 Å². The average Bonchev–Trinajstić information content (AvgIpc) is 3.17. The van der Waals surface area contributed by atoms with Crippen molar-refractivity contribution in [1.29, 1.82) is 0 Å². The van der Waals surface area contributed by atoms with E-state index in [0.717, 1.165) is 22.3 Å². The Balaban J connectivity index is 1.64. The summed E-state index contributed by atoms with van der Waals surface area (Å²) < 4.78 is 17.5. The van der Waals surface area contributed by atoms with Gasteiger partial charge in [0, 0.05) is 31.2 Å². The van der Waals surface area contributed by atoms with Crippen LogP contribution in [0.25, 0.3) is 11.1 Å². The molecule has 0 bridgehead atoms. The maximum atomic E-state index is 14.2. The molecule has 2 heterocycles. The Morgan fingerprint density at radius 3 is 2.57 bits per heavy atom. The van der Waals surface area contributed by atoms with Crippen molar-refractivity contribution in [2.75, 3.05) is 0 Å². The zero-order chi connectivity index (χ0) is 19.5. The molecule has 0 spiro atoms. The molecule has 2 aromatic heterocycles. The maximum Gasteiger partial charge on any atom is 0.328 e. The van der Waals surface area contributed by atoms with Crippen molar-refractivity contribution < 1.29 is 4.39 Å². The van der Waals surface area contributed by atoms with Crippen molar-refractivity contribution in [3.8, 4) is 11.1 Å². The standard InChI is InChI=1S/C21H17FN4O2/c22-19-10-16(12-25-7-5-23-14-25)9-18(11-19)17-3-1-2-15(8-17)13-26-6-4-20(27)24-21(26)28/h1-11,14H,12-13H2,(H,24,27,28). The van der Waals surface area contributed by atoms with E-state index in [1.165, 1.54) is 29.0 Å². The number of nitrogens with zero attached hydrogens (tertiary/aromatic N) is 3. The molecule has 6 nitrogen and oxygen atoms in total. The van der Waals surface area contributed by atoms with Crippen molar-refractivity contribution in [1.82, 2.24) is 19.1 Å². The van der Waals surface area contributed by atoms with Gasteiger partial charge in [-0.15, -0.1) is 0 Å². The molecule has 4 rings (SSSR count). The molecular weight excluding hydrogens is 359 g/mol. The molecule has 0 fully saturated rings. The van der Waals surface area contributed by atoms with Crippen molar-refractivity contribution in [3.63, 3.8) is 0 Å². The smallest absolute Gasteiger partial charge is 0.328 e. The van der Waals surface area contributed by atoms with Crippen molar-refractivity contribution >= 4 is 0 Å². The van der Waals surface area contributed by atoms with Gasteiger partial charge in [0.1, 0.15) is 5.82 Å². The number of benzene rings is 2. The van der Waals surface area contributed by atoms with Crippen LogP contribution in [0.4, 0.5) is 4.39 Å². The minimum absolute atomic E-state index is 0.306. The van der Waals surface area contributed by atoms with Crippen LogP contribution in [0.5, 0.6) is 0 Å². The molecule has 2 aromatic carbocycles. The number of nitrogens with one attached hydrogen (secondary N) is 1. The Labute approximate surface area is 159 Å². The molecule has 0 radical (unpaired) electrons. The summed E-state index contributed by atoms with van der Waals surface area (Å²) in [5.41, 5.74) is 2.40. The van der Waals surface area contributed by atoms with E-state index >= 15 is 0 Å². The van der Waals surface area contributed by atoms with Gasteiger partial charge in [-0.25, -0.2) is 14.2 Å². The molecule has 0 aliphatic rings. The molecule has 0 atom stereocenters. The molecule has 0 aliphatic carbocycles. The van der Waals surface area contributed by atoms with Gasteiger partial charge in [0.2, 0.25) is 0 Å². The monoisotopic (exact) mass is 376 g/mol. The molecule has 0 saturated heterocycles. The fourth-order valence-corrected chi connectivity index (χ4v) is 3.11. The van der Waals surface area contributed by atoms with Gasteiger partial charge >= 0.3 is 5.69 Å². The highest BCUT2D eigenvalue weighted by atomic mass is 19.1. The van der Waals surface area contributed by atoms with Crippen LogP contribution in [0, 0.1) is 5.82 Å². The van der Waals surface area contributed by atoms with Gasteiger partial charge in [0.05, 0.1) is 12.9 Å². The number of aromatic nitrogens is 4. The van der Waals surface area contributed by atoms with Crippen LogP contribution in [0.2, 0.25) is 0 Å². The van der Waals surface area contributed by atoms with E-state index in [1.54, 1.807) is 12.5 Å². The predicted molar refractivity (Wildman–Crippen MR) is 104 cm³/mol. The third-order valence-electron chi connectivity index (χ3n) is 4.39. The van der Waals surface area contributed by atoms with Gasteiger partial charge in [-0.05, 0) is 46.5 Å². The molecule has 0 amide bonds. The Morgan fingerprint density at radius 1 is 0.929 bits per heavy atom. The summed E-state index contributed by atoms with van der Waals surface area (Å²) in [5, 5.41) is 0. The lowest BCUT2D eigenvalue weighted by atomic mass is 10.0. The number of halogens is 1. The quantitative estimate of drug-likeness (QED) is 0.582. The normalized spacial score (nSPS) is 10.9. The number of rotatable bonds is 5. The minimum atomic E-state index is -0.466. The minimum Gasteiger partial charge on any atom is -0.333 e. The second-order valence-corrected chi connectivity index (χ2v) is 6.52. The summed E-state index contributed by atoms with van der Waals surface area (Å²) in [6, 6.07) is 13.8. The molecular formula is C21H17FN4O2. The van der Waals surface area contributed by atoms with Crippen molar-refractivity contribution in [3.05, 3.63) is 111 Å². The lowest BCUT2D eigenvalue weighted by Crippen LogP contribution is -2.28. The first-order chi connectivity index (χ1) is 13.6. The highest BCUT2D eigenvalue weighted by molar-refractivity contribution is 5.65. The summed E-state index contributed by atoms with van der Waals surface area (Å²) in [6.45, 7) is 0.831. The van der Waals surface area contributed by atoms with Crippen molar-refractivity contribution in [2.45, 2.75) is 13.1 Å². The molecule has 4 aromatic rings. The predicted octanol–water partition coefficient (Wildman–Crippen LogP) is 2.64. The SMILES string of the molecule is O=c1ccn(Cc2cccc(-c3cc(F)cc(Cn4ccnc4)c3)c2)c(=O)[nH]1. The fraction of sp³-hybridized carbons (Fsp3) is 0.0952. The highest BCUT2D eigenvalue weighted by Crippen LogP contribution is 2.24. The molecule has 0 saturated carbocycles. The van der Waals surface area contributed by atoms with Gasteiger partial charge in [0.25, 0.3) is 5.56 Å². The summed E-state index contributed by atoms with van der Waals surface area (Å²) in [4.78, 5) is 29.3. The lowest BCUT2D eigenvalue weighted by Gasteiger charge is -2.10. The first kappa shape index (κ1) is 17.7. The first-order valence-corrected chi connectivity index (χ1v) is 8.71. The molecule has 0 aliphatic heterocycles. The number of hydrogen-bond donors (Lipinski definition) is 1. The largest absolute Gasteiger partial charge is 0.333 e. The summed E-state index contributed by atoms with van der Waals surface area (Å²) in [7, 11) is 0. The van der Waals surface area contributed by atoms with E-state index < -0.39 is 11.2 Å². The Bertz CT molecular complexity index is 1230. The van der Waals surface area contributed by atoms with Gasteiger partial charge in [-0.1, -0.05) is 18.2 Å². The van der Waals surface area contributed by atoms with E-state index in [4.69, 9.17) is 0 Å². The second-order valence-electron chi connectivity index (χ2n) is 6.52. The Kier molecular flexibility index (Phi) is 4.72. The zero-order valence-corrected chi connectivity index (χ0v) is 14.9. The van der Waals surface area contributed by atoms with Crippen LogP contribution in [0.15, 0.2) is 83.0 Å². The Hall–Kier alpha value is -3.74. The summed E-state index contributed by atoms with van der Waals surface area (Å²) >= 11 is 0. The fourth-order valence-electron chi connectivity index (χ4n) is 3.11. The zero-order valence-electron chi connectivity index (χ0n) is 14.9. The second kappa shape index (κ2) is 7.48.